The van der Waals surface area contributed by atoms with Crippen molar-refractivity contribution in [3.8, 4) is 0 Å². The van der Waals surface area contributed by atoms with E-state index in [1.807, 2.05) is 0 Å². The van der Waals surface area contributed by atoms with Crippen molar-refractivity contribution in [3.05, 3.63) is 35.4 Å². The number of rotatable bonds is 4. The summed E-state index contributed by atoms with van der Waals surface area (Å²) in [4.78, 5) is 2.29. The van der Waals surface area contributed by atoms with Gasteiger partial charge in [0.15, 0.2) is 0 Å². The fraction of sp³-hybridized carbons (Fsp3) is 0.571. The van der Waals surface area contributed by atoms with Crippen LogP contribution in [0.4, 0.5) is 0 Å². The number of β-amino-alcohol motifs (C(OH)–C–C–N with tert-alkyl or cyclic N) is 1. The fourth-order valence-corrected chi connectivity index (χ4v) is 2.40. The summed E-state index contributed by atoms with van der Waals surface area (Å²) in [6.45, 7) is 4.88. The molecule has 1 heterocycles. The number of benzene rings is 1. The van der Waals surface area contributed by atoms with E-state index in [4.69, 9.17) is 5.73 Å². The van der Waals surface area contributed by atoms with Gasteiger partial charge in [0.2, 0.25) is 0 Å². The van der Waals surface area contributed by atoms with Gasteiger partial charge < -0.3 is 15.7 Å². The molecular formula is C14H22N2O. The van der Waals surface area contributed by atoms with Gasteiger partial charge in [0.1, 0.15) is 0 Å². The van der Waals surface area contributed by atoms with E-state index < -0.39 is 0 Å². The summed E-state index contributed by atoms with van der Waals surface area (Å²) >= 11 is 0. The Bertz CT molecular complexity index is 367. The third-order valence-corrected chi connectivity index (χ3v) is 3.47. The molecule has 2 atom stereocenters. The number of aryl methyl sites for hydroxylation is 1. The average Bonchev–Trinajstić information content (AvgIpc) is 2.72. The van der Waals surface area contributed by atoms with Gasteiger partial charge >= 0.3 is 0 Å². The van der Waals surface area contributed by atoms with Crippen LogP contribution in [0.15, 0.2) is 24.3 Å². The van der Waals surface area contributed by atoms with Crippen molar-refractivity contribution in [1.82, 2.24) is 4.90 Å². The van der Waals surface area contributed by atoms with E-state index in [2.05, 4.69) is 36.1 Å². The summed E-state index contributed by atoms with van der Waals surface area (Å²) in [6, 6.07) is 8.50. The number of nitrogens with two attached hydrogens (primary N) is 1. The molecule has 2 rings (SSSR count). The highest BCUT2D eigenvalue weighted by Gasteiger charge is 2.20. The van der Waals surface area contributed by atoms with E-state index in [0.717, 1.165) is 32.5 Å². The van der Waals surface area contributed by atoms with E-state index in [-0.39, 0.29) is 12.1 Å². The Hall–Kier alpha value is -0.900. The first-order chi connectivity index (χ1) is 8.15. The van der Waals surface area contributed by atoms with E-state index in [9.17, 15) is 5.11 Å². The van der Waals surface area contributed by atoms with Gasteiger partial charge in [0.25, 0.3) is 0 Å². The Balaban J connectivity index is 1.83. The molecular weight excluding hydrogens is 212 g/mol. The minimum Gasteiger partial charge on any atom is -0.392 e. The van der Waals surface area contributed by atoms with Crippen molar-refractivity contribution in [1.29, 1.82) is 0 Å². The van der Waals surface area contributed by atoms with Gasteiger partial charge in [-0.25, -0.2) is 0 Å². The quantitative estimate of drug-likeness (QED) is 0.829. The largest absolute Gasteiger partial charge is 0.392 e. The molecule has 1 fully saturated rings. The van der Waals surface area contributed by atoms with Gasteiger partial charge in [0.05, 0.1) is 6.10 Å². The molecule has 0 amide bonds. The van der Waals surface area contributed by atoms with E-state index >= 15 is 0 Å². The van der Waals surface area contributed by atoms with Gasteiger partial charge in [-0.1, -0.05) is 29.8 Å². The number of aliphatic hydroxyl groups is 1. The Morgan fingerprint density at radius 2 is 2.35 bits per heavy atom. The van der Waals surface area contributed by atoms with Crippen LogP contribution in [0.3, 0.4) is 0 Å². The van der Waals surface area contributed by atoms with Crippen molar-refractivity contribution in [3.63, 3.8) is 0 Å². The SMILES string of the molecule is Cc1cccc(C(N)CCN2CCC(O)C2)c1. The number of nitrogens with zero attached hydrogens (tertiary/aromatic N) is 1. The molecule has 1 aromatic rings. The zero-order valence-corrected chi connectivity index (χ0v) is 10.5. The van der Waals surface area contributed by atoms with Gasteiger partial charge in [-0.05, 0) is 25.3 Å². The number of hydrogen-bond donors (Lipinski definition) is 2. The molecule has 94 valence electrons. The molecule has 2 unspecified atom stereocenters. The molecule has 0 spiro atoms. The number of aliphatic hydroxyl groups excluding tert-OH is 1. The molecule has 0 bridgehead atoms. The molecule has 0 saturated carbocycles. The Morgan fingerprint density at radius 1 is 1.53 bits per heavy atom. The maximum Gasteiger partial charge on any atom is 0.0679 e. The highest BCUT2D eigenvalue weighted by atomic mass is 16.3. The Morgan fingerprint density at radius 3 is 3.00 bits per heavy atom. The van der Waals surface area contributed by atoms with Crippen LogP contribution >= 0.6 is 0 Å². The summed E-state index contributed by atoms with van der Waals surface area (Å²) in [6.07, 6.45) is 1.72. The highest BCUT2D eigenvalue weighted by molar-refractivity contribution is 5.24. The summed E-state index contributed by atoms with van der Waals surface area (Å²) in [7, 11) is 0. The van der Waals surface area contributed by atoms with Crippen molar-refractivity contribution < 1.29 is 5.11 Å². The summed E-state index contributed by atoms with van der Waals surface area (Å²) in [5.74, 6) is 0. The minimum atomic E-state index is -0.134. The third kappa shape index (κ3) is 3.53. The normalized spacial score (nSPS) is 22.9. The van der Waals surface area contributed by atoms with Gasteiger partial charge in [-0.2, -0.15) is 0 Å². The molecule has 17 heavy (non-hydrogen) atoms. The van der Waals surface area contributed by atoms with Crippen LogP contribution in [0.5, 0.6) is 0 Å². The van der Waals surface area contributed by atoms with Crippen LogP contribution in [0.2, 0.25) is 0 Å². The van der Waals surface area contributed by atoms with E-state index in [0.29, 0.717) is 0 Å². The standard InChI is InChI=1S/C14H22N2O/c1-11-3-2-4-12(9-11)14(15)6-8-16-7-5-13(17)10-16/h2-4,9,13-14,17H,5-8,10,15H2,1H3. The van der Waals surface area contributed by atoms with Gasteiger partial charge in [-0.15, -0.1) is 0 Å². The molecule has 3 N–H and O–H groups in total. The van der Waals surface area contributed by atoms with Crippen LogP contribution in [0, 0.1) is 6.92 Å². The molecule has 0 radical (unpaired) electrons. The molecule has 1 aromatic carbocycles. The van der Waals surface area contributed by atoms with Crippen molar-refractivity contribution in [2.45, 2.75) is 31.9 Å². The van der Waals surface area contributed by atoms with E-state index in [1.165, 1.54) is 11.1 Å². The Kier molecular flexibility index (Phi) is 4.15. The van der Waals surface area contributed by atoms with Crippen LogP contribution in [0.1, 0.15) is 30.0 Å². The lowest BCUT2D eigenvalue weighted by atomic mass is 10.0. The monoisotopic (exact) mass is 234 g/mol. The molecule has 0 aromatic heterocycles. The highest BCUT2D eigenvalue weighted by Crippen LogP contribution is 2.17. The zero-order chi connectivity index (χ0) is 12.3. The van der Waals surface area contributed by atoms with Crippen LogP contribution < -0.4 is 5.73 Å². The predicted molar refractivity (Wildman–Crippen MR) is 69.8 cm³/mol. The minimum absolute atomic E-state index is 0.104. The third-order valence-electron chi connectivity index (χ3n) is 3.47. The van der Waals surface area contributed by atoms with E-state index in [1.54, 1.807) is 0 Å². The summed E-state index contributed by atoms with van der Waals surface area (Å²) < 4.78 is 0. The molecule has 0 aliphatic carbocycles. The smallest absolute Gasteiger partial charge is 0.0679 e. The second kappa shape index (κ2) is 5.63. The summed E-state index contributed by atoms with van der Waals surface area (Å²) in [5.41, 5.74) is 8.66. The van der Waals surface area contributed by atoms with Crippen molar-refractivity contribution in [2.24, 2.45) is 5.73 Å². The maximum absolute atomic E-state index is 9.45. The molecule has 3 nitrogen and oxygen atoms in total. The first kappa shape index (κ1) is 12.6. The average molecular weight is 234 g/mol. The second-order valence-corrected chi connectivity index (χ2v) is 5.05. The predicted octanol–water partition coefficient (Wildman–Crippen LogP) is 1.45. The maximum atomic E-state index is 9.45. The Labute approximate surface area is 103 Å². The van der Waals surface area contributed by atoms with Crippen LogP contribution in [-0.4, -0.2) is 35.7 Å². The first-order valence-corrected chi connectivity index (χ1v) is 6.38. The molecule has 1 aliphatic heterocycles. The van der Waals surface area contributed by atoms with Crippen molar-refractivity contribution >= 4 is 0 Å². The van der Waals surface area contributed by atoms with Gasteiger partial charge in [0, 0.05) is 25.7 Å². The lowest BCUT2D eigenvalue weighted by molar-refractivity contribution is 0.175. The summed E-state index contributed by atoms with van der Waals surface area (Å²) in [5, 5.41) is 9.45. The number of hydrogen-bond acceptors (Lipinski definition) is 3. The molecule has 1 saturated heterocycles. The number of likely N-dealkylation sites (tertiary alicyclic amines) is 1. The zero-order valence-electron chi connectivity index (χ0n) is 10.5. The molecule has 1 aliphatic rings. The second-order valence-electron chi connectivity index (χ2n) is 5.05. The van der Waals surface area contributed by atoms with Crippen molar-refractivity contribution in [2.75, 3.05) is 19.6 Å². The first-order valence-electron chi connectivity index (χ1n) is 6.38. The molecule has 3 heteroatoms. The topological polar surface area (TPSA) is 49.5 Å². The van der Waals surface area contributed by atoms with Crippen LogP contribution in [-0.2, 0) is 0 Å². The lowest BCUT2D eigenvalue weighted by Gasteiger charge is -2.18. The van der Waals surface area contributed by atoms with Crippen LogP contribution in [0.25, 0.3) is 0 Å². The lowest BCUT2D eigenvalue weighted by Crippen LogP contribution is -2.26. The fourth-order valence-electron chi connectivity index (χ4n) is 2.40. The van der Waals surface area contributed by atoms with Gasteiger partial charge in [-0.3, -0.25) is 0 Å².